The molecule has 0 spiro atoms. The molecule has 1 atom stereocenters. The van der Waals surface area contributed by atoms with E-state index in [4.69, 9.17) is 16.3 Å². The topological polar surface area (TPSA) is 67.1 Å². The first-order chi connectivity index (χ1) is 14.8. The summed E-state index contributed by atoms with van der Waals surface area (Å²) in [5, 5.41) is 6.83. The van der Waals surface area contributed by atoms with Gasteiger partial charge in [-0.15, -0.1) is 0 Å². The van der Waals surface area contributed by atoms with Gasteiger partial charge < -0.3 is 14.2 Å². The molecule has 1 aromatic heterocycles. The molecule has 1 unspecified atom stereocenters. The Morgan fingerprint density at radius 3 is 2.55 bits per heavy atom. The van der Waals surface area contributed by atoms with Gasteiger partial charge in [-0.05, 0) is 29.8 Å². The number of methoxy groups -OCH3 is 1. The van der Waals surface area contributed by atoms with Crippen LogP contribution in [0.25, 0.3) is 0 Å². The number of aromatic nitrogens is 1. The van der Waals surface area contributed by atoms with E-state index in [-0.39, 0.29) is 30.3 Å². The Balaban J connectivity index is 1.89. The summed E-state index contributed by atoms with van der Waals surface area (Å²) in [4.78, 5) is 27.5. The fraction of sp³-hybridized carbons (Fsp3) is 0.435. The smallest absolute Gasteiger partial charge is 0.262 e. The van der Waals surface area contributed by atoms with Crippen LogP contribution in [0, 0.1) is 5.92 Å². The molecule has 0 saturated carbocycles. The van der Waals surface area contributed by atoms with E-state index in [1.165, 1.54) is 5.01 Å². The summed E-state index contributed by atoms with van der Waals surface area (Å²) in [7, 11) is 3.53. The highest BCUT2D eigenvalue weighted by molar-refractivity contribution is 6.30. The van der Waals surface area contributed by atoms with Gasteiger partial charge >= 0.3 is 0 Å². The minimum absolute atomic E-state index is 0.0472. The number of rotatable bonds is 8. The predicted octanol–water partition coefficient (Wildman–Crippen LogP) is 3.49. The lowest BCUT2D eigenvalue weighted by atomic mass is 10.0. The van der Waals surface area contributed by atoms with E-state index < -0.39 is 0 Å². The summed E-state index contributed by atoms with van der Waals surface area (Å²) in [5.41, 5.74) is 2.74. The lowest BCUT2D eigenvalue weighted by Gasteiger charge is -2.28. The van der Waals surface area contributed by atoms with Crippen LogP contribution in [0.4, 0.5) is 0 Å². The van der Waals surface area contributed by atoms with Crippen molar-refractivity contribution in [1.29, 1.82) is 0 Å². The van der Waals surface area contributed by atoms with Crippen LogP contribution in [0.1, 0.15) is 37.6 Å². The Morgan fingerprint density at radius 1 is 1.26 bits per heavy atom. The first-order valence-electron chi connectivity index (χ1n) is 10.4. The molecule has 1 aromatic carbocycles. The summed E-state index contributed by atoms with van der Waals surface area (Å²) in [6.07, 6.45) is 2.54. The Labute approximate surface area is 188 Å². The third kappa shape index (κ3) is 5.35. The molecule has 2 heterocycles. The van der Waals surface area contributed by atoms with Crippen molar-refractivity contribution in [3.05, 3.63) is 58.9 Å². The van der Waals surface area contributed by atoms with Gasteiger partial charge in [0.1, 0.15) is 6.54 Å². The third-order valence-corrected chi connectivity index (χ3v) is 5.61. The van der Waals surface area contributed by atoms with Crippen molar-refractivity contribution in [2.45, 2.75) is 26.3 Å². The molecule has 0 bridgehead atoms. The highest BCUT2D eigenvalue weighted by Crippen LogP contribution is 2.33. The minimum Gasteiger partial charge on any atom is -0.383 e. The SMILES string of the molecule is COCCN(CC(=O)N1N=C(c2cccn2C)CC1c1ccc(Cl)cc1)C(=O)C(C)C. The van der Waals surface area contributed by atoms with E-state index in [9.17, 15) is 9.59 Å². The fourth-order valence-corrected chi connectivity index (χ4v) is 3.80. The number of nitrogens with zero attached hydrogens (tertiary/aromatic N) is 4. The molecule has 3 rings (SSSR count). The Kier molecular flexibility index (Phi) is 7.51. The normalized spacial score (nSPS) is 16.0. The molecule has 0 fully saturated rings. The quantitative estimate of drug-likeness (QED) is 0.626. The molecule has 166 valence electrons. The minimum atomic E-state index is -0.256. The number of hydrazone groups is 1. The zero-order valence-corrected chi connectivity index (χ0v) is 19.2. The summed E-state index contributed by atoms with van der Waals surface area (Å²) in [5.74, 6) is -0.522. The Morgan fingerprint density at radius 2 is 1.97 bits per heavy atom. The number of ether oxygens (including phenoxy) is 1. The van der Waals surface area contributed by atoms with Crippen LogP contribution in [0.15, 0.2) is 47.7 Å². The van der Waals surface area contributed by atoms with Crippen molar-refractivity contribution in [1.82, 2.24) is 14.5 Å². The van der Waals surface area contributed by atoms with E-state index in [1.807, 2.05) is 68.1 Å². The maximum Gasteiger partial charge on any atom is 0.262 e. The van der Waals surface area contributed by atoms with Gasteiger partial charge in [0.2, 0.25) is 5.91 Å². The lowest BCUT2D eigenvalue weighted by Crippen LogP contribution is -2.44. The highest BCUT2D eigenvalue weighted by atomic mass is 35.5. The first-order valence-corrected chi connectivity index (χ1v) is 10.7. The molecule has 0 N–H and O–H groups in total. The number of hydrogen-bond donors (Lipinski definition) is 0. The van der Waals surface area contributed by atoms with Crippen molar-refractivity contribution in [2.24, 2.45) is 18.1 Å². The second-order valence-electron chi connectivity index (χ2n) is 7.97. The van der Waals surface area contributed by atoms with E-state index in [0.29, 0.717) is 24.6 Å². The first kappa shape index (κ1) is 23.0. The van der Waals surface area contributed by atoms with Crippen LogP contribution in [-0.4, -0.2) is 58.8 Å². The van der Waals surface area contributed by atoms with Crippen molar-refractivity contribution >= 4 is 29.1 Å². The zero-order chi connectivity index (χ0) is 22.5. The van der Waals surface area contributed by atoms with Gasteiger partial charge in [-0.1, -0.05) is 37.6 Å². The number of carbonyl (C=O) groups is 2. The Hall–Kier alpha value is -2.64. The summed E-state index contributed by atoms with van der Waals surface area (Å²) < 4.78 is 7.11. The van der Waals surface area contributed by atoms with Crippen LogP contribution in [-0.2, 0) is 21.4 Å². The number of amides is 2. The van der Waals surface area contributed by atoms with Crippen LogP contribution in [0.5, 0.6) is 0 Å². The second-order valence-corrected chi connectivity index (χ2v) is 8.40. The average molecular weight is 445 g/mol. The van der Waals surface area contributed by atoms with E-state index in [0.717, 1.165) is 17.0 Å². The summed E-state index contributed by atoms with van der Waals surface area (Å²) in [6.45, 7) is 4.32. The molecule has 7 nitrogen and oxygen atoms in total. The van der Waals surface area contributed by atoms with Gasteiger partial charge in [-0.2, -0.15) is 5.10 Å². The number of benzene rings is 1. The van der Waals surface area contributed by atoms with Crippen molar-refractivity contribution in [2.75, 3.05) is 26.8 Å². The molecule has 0 saturated heterocycles. The fourth-order valence-electron chi connectivity index (χ4n) is 3.67. The van der Waals surface area contributed by atoms with Gasteiger partial charge in [0.15, 0.2) is 0 Å². The second kappa shape index (κ2) is 10.1. The zero-order valence-electron chi connectivity index (χ0n) is 18.4. The summed E-state index contributed by atoms with van der Waals surface area (Å²) >= 11 is 6.06. The van der Waals surface area contributed by atoms with E-state index >= 15 is 0 Å². The molecule has 2 aromatic rings. The van der Waals surface area contributed by atoms with E-state index in [1.54, 1.807) is 12.0 Å². The molecule has 0 radical (unpaired) electrons. The molecule has 8 heteroatoms. The molecule has 2 amide bonds. The maximum absolute atomic E-state index is 13.3. The molecule has 1 aliphatic rings. The highest BCUT2D eigenvalue weighted by Gasteiger charge is 2.35. The number of halogens is 1. The van der Waals surface area contributed by atoms with Gasteiger partial charge in [0.05, 0.1) is 24.1 Å². The molecule has 1 aliphatic heterocycles. The molecular formula is C23H29ClN4O3. The largest absolute Gasteiger partial charge is 0.383 e. The standard InChI is InChI=1S/C23H29ClN4O3/c1-16(2)23(30)27(12-13-31-4)15-22(29)28-21(17-7-9-18(24)10-8-17)14-19(25-28)20-6-5-11-26(20)3/h5-11,16,21H,12-15H2,1-4H3. The molecule has 31 heavy (non-hydrogen) atoms. The van der Waals surface area contributed by atoms with Crippen LogP contribution in [0.3, 0.4) is 0 Å². The maximum atomic E-state index is 13.3. The molecule has 0 aliphatic carbocycles. The number of carbonyl (C=O) groups excluding carboxylic acids is 2. The van der Waals surface area contributed by atoms with Gasteiger partial charge in [0, 0.05) is 44.3 Å². The van der Waals surface area contributed by atoms with Gasteiger partial charge in [-0.3, -0.25) is 9.59 Å². The Bertz CT molecular complexity index is 952. The average Bonchev–Trinajstić information content (AvgIpc) is 3.37. The van der Waals surface area contributed by atoms with Gasteiger partial charge in [0.25, 0.3) is 5.91 Å². The number of aryl methyl sites for hydroxylation is 1. The monoisotopic (exact) mass is 444 g/mol. The lowest BCUT2D eigenvalue weighted by molar-refractivity contribution is -0.143. The predicted molar refractivity (Wildman–Crippen MR) is 121 cm³/mol. The van der Waals surface area contributed by atoms with Gasteiger partial charge in [-0.25, -0.2) is 5.01 Å². The number of hydrogen-bond acceptors (Lipinski definition) is 4. The van der Waals surface area contributed by atoms with Crippen LogP contribution < -0.4 is 0 Å². The van der Waals surface area contributed by atoms with Crippen LogP contribution in [0.2, 0.25) is 5.02 Å². The molecular weight excluding hydrogens is 416 g/mol. The summed E-state index contributed by atoms with van der Waals surface area (Å²) in [6, 6.07) is 11.1. The van der Waals surface area contributed by atoms with Crippen molar-refractivity contribution in [3.63, 3.8) is 0 Å². The third-order valence-electron chi connectivity index (χ3n) is 5.36. The van der Waals surface area contributed by atoms with Crippen LogP contribution >= 0.6 is 11.6 Å². The van der Waals surface area contributed by atoms with Crippen molar-refractivity contribution < 1.29 is 14.3 Å². The van der Waals surface area contributed by atoms with Crippen molar-refractivity contribution in [3.8, 4) is 0 Å². The van der Waals surface area contributed by atoms with E-state index in [2.05, 4.69) is 5.10 Å².